The molecule has 0 unspecified atom stereocenters. The molecule has 0 saturated heterocycles. The van der Waals surface area contributed by atoms with E-state index in [-0.39, 0.29) is 0 Å². The summed E-state index contributed by atoms with van der Waals surface area (Å²) in [7, 11) is 0. The lowest BCUT2D eigenvalue weighted by Crippen LogP contribution is -1.90. The summed E-state index contributed by atoms with van der Waals surface area (Å²) in [6.45, 7) is 4.41. The lowest BCUT2D eigenvalue weighted by molar-refractivity contribution is 1.29. The van der Waals surface area contributed by atoms with E-state index in [1.807, 2.05) is 0 Å². The molecule has 84 valence electrons. The Morgan fingerprint density at radius 1 is 1.12 bits per heavy atom. The minimum atomic E-state index is 1.07. The van der Waals surface area contributed by atoms with Crippen LogP contribution in [0.2, 0.25) is 0 Å². The van der Waals surface area contributed by atoms with Crippen LogP contribution < -0.4 is 0 Å². The van der Waals surface area contributed by atoms with Gasteiger partial charge in [0.1, 0.15) is 0 Å². The van der Waals surface area contributed by atoms with Crippen LogP contribution in [0.25, 0.3) is 11.6 Å². The van der Waals surface area contributed by atoms with E-state index in [4.69, 9.17) is 0 Å². The summed E-state index contributed by atoms with van der Waals surface area (Å²) in [6, 6.07) is 8.67. The van der Waals surface area contributed by atoms with E-state index >= 15 is 0 Å². The monoisotopic (exact) mass is 220 g/mol. The topological polar surface area (TPSA) is 0 Å². The van der Waals surface area contributed by atoms with E-state index in [0.717, 1.165) is 6.42 Å². The predicted molar refractivity (Wildman–Crippen MR) is 74.5 cm³/mol. The second-order valence-electron chi connectivity index (χ2n) is 4.84. The van der Waals surface area contributed by atoms with Crippen molar-refractivity contribution < 1.29 is 0 Å². The fourth-order valence-electron chi connectivity index (χ4n) is 2.66. The Bertz CT molecular complexity index is 588. The van der Waals surface area contributed by atoms with E-state index in [2.05, 4.69) is 62.4 Å². The molecule has 0 fully saturated rings. The molecule has 0 radical (unpaired) electrons. The molecule has 0 N–H and O–H groups in total. The van der Waals surface area contributed by atoms with Gasteiger partial charge in [-0.05, 0) is 54.2 Å². The van der Waals surface area contributed by atoms with Crippen molar-refractivity contribution in [2.75, 3.05) is 0 Å². The predicted octanol–water partition coefficient (Wildman–Crippen LogP) is 4.76. The first-order valence-electron chi connectivity index (χ1n) is 6.12. The Hall–Kier alpha value is -1.82. The first kappa shape index (κ1) is 10.3. The van der Waals surface area contributed by atoms with Crippen molar-refractivity contribution >= 4 is 11.6 Å². The fourth-order valence-corrected chi connectivity index (χ4v) is 2.66. The van der Waals surface area contributed by atoms with Crippen molar-refractivity contribution in [3.8, 4) is 0 Å². The molecule has 0 amide bonds. The second kappa shape index (κ2) is 3.89. The number of hydrogen-bond acceptors (Lipinski definition) is 0. The molecule has 17 heavy (non-hydrogen) atoms. The van der Waals surface area contributed by atoms with E-state index in [1.165, 1.54) is 33.4 Å². The average molecular weight is 220 g/mol. The zero-order chi connectivity index (χ0) is 11.8. The number of fused-ring (bicyclic) bond motifs is 1. The van der Waals surface area contributed by atoms with Gasteiger partial charge in [0.05, 0.1) is 0 Å². The quantitative estimate of drug-likeness (QED) is 0.640. The Kier molecular flexibility index (Phi) is 2.36. The molecule has 2 aliphatic carbocycles. The van der Waals surface area contributed by atoms with E-state index < -0.39 is 0 Å². The largest absolute Gasteiger partial charge is 0.0801 e. The number of rotatable bonds is 1. The van der Waals surface area contributed by atoms with Crippen molar-refractivity contribution in [1.29, 1.82) is 0 Å². The summed E-state index contributed by atoms with van der Waals surface area (Å²) in [4.78, 5) is 0. The summed E-state index contributed by atoms with van der Waals surface area (Å²) in [5.41, 5.74) is 8.42. The number of allylic oxidation sites excluding steroid dienone is 7. The summed E-state index contributed by atoms with van der Waals surface area (Å²) in [5, 5.41) is 0. The van der Waals surface area contributed by atoms with Crippen LogP contribution in [0.1, 0.15) is 31.4 Å². The second-order valence-corrected chi connectivity index (χ2v) is 4.84. The summed E-state index contributed by atoms with van der Waals surface area (Å²) >= 11 is 0. The number of hydrogen-bond donors (Lipinski definition) is 0. The maximum atomic E-state index is 2.33. The molecule has 0 aromatic heterocycles. The van der Waals surface area contributed by atoms with E-state index in [0.29, 0.717) is 0 Å². The Labute approximate surface area is 103 Å². The van der Waals surface area contributed by atoms with Gasteiger partial charge in [0.15, 0.2) is 0 Å². The first-order valence-corrected chi connectivity index (χ1v) is 6.12. The third-order valence-electron chi connectivity index (χ3n) is 3.42. The SMILES string of the molecule is CC(C)=C1C(C2=CC=CC2)=Cc2ccccc21. The highest BCUT2D eigenvalue weighted by Gasteiger charge is 2.22. The van der Waals surface area contributed by atoms with Gasteiger partial charge in [-0.1, -0.05) is 48.1 Å². The lowest BCUT2D eigenvalue weighted by Gasteiger charge is -2.10. The zero-order valence-electron chi connectivity index (χ0n) is 10.3. The van der Waals surface area contributed by atoms with Gasteiger partial charge in [-0.25, -0.2) is 0 Å². The molecule has 0 spiro atoms. The lowest BCUT2D eigenvalue weighted by atomic mass is 9.93. The van der Waals surface area contributed by atoms with Crippen molar-refractivity contribution in [2.24, 2.45) is 0 Å². The van der Waals surface area contributed by atoms with Crippen LogP contribution >= 0.6 is 0 Å². The molecular formula is C17H16. The van der Waals surface area contributed by atoms with Gasteiger partial charge < -0.3 is 0 Å². The number of benzene rings is 1. The van der Waals surface area contributed by atoms with Crippen LogP contribution in [0.3, 0.4) is 0 Å². The molecule has 0 bridgehead atoms. The van der Waals surface area contributed by atoms with Crippen LogP contribution in [-0.2, 0) is 0 Å². The Morgan fingerprint density at radius 3 is 2.65 bits per heavy atom. The molecule has 1 aromatic carbocycles. The highest BCUT2D eigenvalue weighted by atomic mass is 14.3. The molecule has 3 rings (SSSR count). The third-order valence-corrected chi connectivity index (χ3v) is 3.42. The van der Waals surface area contributed by atoms with Gasteiger partial charge in [0.25, 0.3) is 0 Å². The highest BCUT2D eigenvalue weighted by Crippen LogP contribution is 2.42. The Morgan fingerprint density at radius 2 is 1.94 bits per heavy atom. The molecule has 2 aliphatic rings. The standard InChI is InChI=1S/C17H16/c1-12(2)17-15-10-6-5-9-14(15)11-16(17)13-7-3-4-8-13/h3-7,9-11H,8H2,1-2H3. The summed E-state index contributed by atoms with van der Waals surface area (Å²) < 4.78 is 0. The van der Waals surface area contributed by atoms with Gasteiger partial charge in [-0.3, -0.25) is 0 Å². The van der Waals surface area contributed by atoms with Crippen LogP contribution in [0.5, 0.6) is 0 Å². The van der Waals surface area contributed by atoms with E-state index in [9.17, 15) is 0 Å². The van der Waals surface area contributed by atoms with Crippen LogP contribution in [0.4, 0.5) is 0 Å². The maximum absolute atomic E-state index is 2.33. The minimum absolute atomic E-state index is 1.07. The van der Waals surface area contributed by atoms with Crippen LogP contribution in [0.15, 0.2) is 59.2 Å². The smallest absolute Gasteiger partial charge is 0.00882 e. The van der Waals surface area contributed by atoms with Crippen molar-refractivity contribution in [3.63, 3.8) is 0 Å². The molecule has 0 aliphatic heterocycles. The summed E-state index contributed by atoms with van der Waals surface area (Å²) in [6.07, 6.45) is 10.0. The van der Waals surface area contributed by atoms with Gasteiger partial charge in [0.2, 0.25) is 0 Å². The molecule has 0 heterocycles. The van der Waals surface area contributed by atoms with Gasteiger partial charge in [0, 0.05) is 0 Å². The molecule has 0 saturated carbocycles. The van der Waals surface area contributed by atoms with Crippen molar-refractivity contribution in [3.05, 3.63) is 70.3 Å². The highest BCUT2D eigenvalue weighted by molar-refractivity contribution is 5.99. The van der Waals surface area contributed by atoms with Gasteiger partial charge >= 0.3 is 0 Å². The van der Waals surface area contributed by atoms with Crippen LogP contribution in [0, 0.1) is 0 Å². The molecule has 1 aromatic rings. The first-order chi connectivity index (χ1) is 8.27. The molecule has 0 atom stereocenters. The third kappa shape index (κ3) is 1.61. The summed E-state index contributed by atoms with van der Waals surface area (Å²) in [5.74, 6) is 0. The Balaban J connectivity index is 2.16. The van der Waals surface area contributed by atoms with Gasteiger partial charge in [-0.2, -0.15) is 0 Å². The maximum Gasteiger partial charge on any atom is -0.00882 e. The normalized spacial score (nSPS) is 16.9. The van der Waals surface area contributed by atoms with Crippen LogP contribution in [-0.4, -0.2) is 0 Å². The van der Waals surface area contributed by atoms with Gasteiger partial charge in [-0.15, -0.1) is 0 Å². The fraction of sp³-hybridized carbons (Fsp3) is 0.176. The van der Waals surface area contributed by atoms with Crippen molar-refractivity contribution in [2.45, 2.75) is 20.3 Å². The molecular weight excluding hydrogens is 204 g/mol. The molecule has 0 nitrogen and oxygen atoms in total. The van der Waals surface area contributed by atoms with E-state index in [1.54, 1.807) is 0 Å². The zero-order valence-corrected chi connectivity index (χ0v) is 10.3. The minimum Gasteiger partial charge on any atom is -0.0801 e. The van der Waals surface area contributed by atoms with Crippen molar-refractivity contribution in [1.82, 2.24) is 0 Å². The molecule has 0 heteroatoms. The average Bonchev–Trinajstić information content (AvgIpc) is 2.95.